The lowest BCUT2D eigenvalue weighted by atomic mass is 9.92. The van der Waals surface area contributed by atoms with Crippen LogP contribution in [0.4, 0.5) is 4.79 Å². The first-order chi connectivity index (χ1) is 13.4. The maximum Gasteiger partial charge on any atom is 0.344 e. The number of rotatable bonds is 7. The van der Waals surface area contributed by atoms with E-state index in [9.17, 15) is 19.5 Å². The summed E-state index contributed by atoms with van der Waals surface area (Å²) in [4.78, 5) is 37.1. The van der Waals surface area contributed by atoms with Crippen LogP contribution in [0.25, 0.3) is 0 Å². The molecule has 1 aliphatic rings. The predicted octanol–water partition coefficient (Wildman–Crippen LogP) is 1.95. The number of benzene rings is 2. The Morgan fingerprint density at radius 2 is 1.75 bits per heavy atom. The molecule has 3 rings (SSSR count). The molecule has 1 aliphatic heterocycles. The zero-order chi connectivity index (χ0) is 20.1. The molecular weight excluding hydrogens is 378 g/mol. The molecule has 7 nitrogen and oxygen atoms in total. The summed E-state index contributed by atoms with van der Waals surface area (Å²) in [6.45, 7) is 1.60. The predicted molar refractivity (Wildman–Crippen MR) is 106 cm³/mol. The number of aliphatic hydroxyl groups is 1. The molecule has 2 aromatic carbocycles. The van der Waals surface area contributed by atoms with Crippen LogP contribution in [0.3, 0.4) is 0 Å². The summed E-state index contributed by atoms with van der Waals surface area (Å²) in [6, 6.07) is 17.3. The third kappa shape index (κ3) is 4.18. The van der Waals surface area contributed by atoms with Gasteiger partial charge in [0.1, 0.15) is 5.54 Å². The lowest BCUT2D eigenvalue weighted by Gasteiger charge is -2.22. The van der Waals surface area contributed by atoms with E-state index in [1.165, 1.54) is 11.8 Å². The van der Waals surface area contributed by atoms with E-state index in [-0.39, 0.29) is 5.75 Å². The number of imide groups is 1. The SMILES string of the molecule is CC1(c2ccccc2)NC(=O)N(NC(=O)CSCC(O)c2ccccc2)C1=O. The number of thioether (sulfide) groups is 1. The molecule has 8 heteroatoms. The second-order valence-electron chi connectivity index (χ2n) is 6.54. The van der Waals surface area contributed by atoms with E-state index in [0.717, 1.165) is 5.56 Å². The number of amides is 4. The van der Waals surface area contributed by atoms with Crippen molar-refractivity contribution in [2.24, 2.45) is 0 Å². The zero-order valence-corrected chi connectivity index (χ0v) is 16.1. The highest BCUT2D eigenvalue weighted by Gasteiger charge is 2.49. The van der Waals surface area contributed by atoms with Crippen molar-refractivity contribution in [1.82, 2.24) is 15.8 Å². The first kappa shape index (κ1) is 19.9. The van der Waals surface area contributed by atoms with Gasteiger partial charge in [0, 0.05) is 5.75 Å². The van der Waals surface area contributed by atoms with Gasteiger partial charge in [0.2, 0.25) is 5.91 Å². The molecule has 2 unspecified atom stereocenters. The minimum Gasteiger partial charge on any atom is -0.388 e. The molecular formula is C20H21N3O4S. The number of hydrazine groups is 1. The maximum atomic E-state index is 12.7. The lowest BCUT2D eigenvalue weighted by molar-refractivity contribution is -0.138. The van der Waals surface area contributed by atoms with Crippen LogP contribution >= 0.6 is 11.8 Å². The van der Waals surface area contributed by atoms with Crippen LogP contribution in [-0.4, -0.2) is 39.5 Å². The molecule has 0 radical (unpaired) electrons. The minimum atomic E-state index is -1.23. The van der Waals surface area contributed by atoms with Gasteiger partial charge in [-0.25, -0.2) is 4.79 Å². The molecule has 0 spiro atoms. The van der Waals surface area contributed by atoms with Gasteiger partial charge in [-0.1, -0.05) is 60.7 Å². The second-order valence-corrected chi connectivity index (χ2v) is 7.57. The van der Waals surface area contributed by atoms with E-state index < -0.39 is 29.5 Å². The Morgan fingerprint density at radius 1 is 1.14 bits per heavy atom. The number of hydrogen-bond acceptors (Lipinski definition) is 5. The Balaban J connectivity index is 1.54. The molecule has 0 aromatic heterocycles. The third-order valence-electron chi connectivity index (χ3n) is 4.47. The molecule has 0 bridgehead atoms. The van der Waals surface area contributed by atoms with Crippen molar-refractivity contribution in [3.05, 3.63) is 71.8 Å². The van der Waals surface area contributed by atoms with Crippen LogP contribution in [0.2, 0.25) is 0 Å². The molecule has 1 fully saturated rings. The largest absolute Gasteiger partial charge is 0.388 e. The fourth-order valence-corrected chi connectivity index (χ4v) is 3.68. The monoisotopic (exact) mass is 399 g/mol. The molecule has 0 saturated carbocycles. The smallest absolute Gasteiger partial charge is 0.344 e. The van der Waals surface area contributed by atoms with Crippen LogP contribution in [0.1, 0.15) is 24.2 Å². The van der Waals surface area contributed by atoms with Gasteiger partial charge in [-0.05, 0) is 18.1 Å². The molecule has 28 heavy (non-hydrogen) atoms. The van der Waals surface area contributed by atoms with Crippen molar-refractivity contribution in [3.63, 3.8) is 0 Å². The van der Waals surface area contributed by atoms with Crippen LogP contribution < -0.4 is 10.7 Å². The summed E-state index contributed by atoms with van der Waals surface area (Å²) < 4.78 is 0. The van der Waals surface area contributed by atoms with Crippen molar-refractivity contribution in [2.45, 2.75) is 18.6 Å². The minimum absolute atomic E-state index is 0.00298. The maximum absolute atomic E-state index is 12.7. The van der Waals surface area contributed by atoms with Crippen molar-refractivity contribution in [2.75, 3.05) is 11.5 Å². The van der Waals surface area contributed by atoms with Crippen molar-refractivity contribution < 1.29 is 19.5 Å². The third-order valence-corrected chi connectivity index (χ3v) is 5.49. The Morgan fingerprint density at radius 3 is 2.39 bits per heavy atom. The molecule has 0 aliphatic carbocycles. The van der Waals surface area contributed by atoms with Gasteiger partial charge in [0.15, 0.2) is 0 Å². The van der Waals surface area contributed by atoms with Crippen molar-refractivity contribution >= 4 is 29.6 Å². The number of nitrogens with zero attached hydrogens (tertiary/aromatic N) is 1. The average molecular weight is 399 g/mol. The first-order valence-corrected chi connectivity index (χ1v) is 9.90. The summed E-state index contributed by atoms with van der Waals surface area (Å²) in [5.41, 5.74) is 2.51. The van der Waals surface area contributed by atoms with Crippen LogP contribution in [0.15, 0.2) is 60.7 Å². The molecule has 1 heterocycles. The average Bonchev–Trinajstić information content (AvgIpc) is 2.93. The Labute approximate surface area is 167 Å². The molecule has 2 atom stereocenters. The van der Waals surface area contributed by atoms with Crippen LogP contribution in [-0.2, 0) is 15.1 Å². The molecule has 2 aromatic rings. The highest BCUT2D eigenvalue weighted by Crippen LogP contribution is 2.27. The lowest BCUT2D eigenvalue weighted by Crippen LogP contribution is -2.48. The zero-order valence-electron chi connectivity index (χ0n) is 15.3. The Kier molecular flexibility index (Phi) is 6.01. The van der Waals surface area contributed by atoms with E-state index in [1.807, 2.05) is 36.4 Å². The number of aliphatic hydroxyl groups excluding tert-OH is 1. The number of nitrogens with one attached hydrogen (secondary N) is 2. The molecule has 4 amide bonds. The van der Waals surface area contributed by atoms with E-state index >= 15 is 0 Å². The number of carbonyl (C=O) groups is 3. The van der Waals surface area contributed by atoms with E-state index in [4.69, 9.17) is 0 Å². The summed E-state index contributed by atoms with van der Waals surface area (Å²) in [6.07, 6.45) is -0.697. The standard InChI is InChI=1S/C20H21N3O4S/c1-20(15-10-6-3-7-11-15)18(26)23(19(27)21-20)22-17(25)13-28-12-16(24)14-8-4-2-5-9-14/h2-11,16,24H,12-13H2,1H3,(H,21,27)(H,22,25). The topological polar surface area (TPSA) is 98.7 Å². The molecule has 146 valence electrons. The second kappa shape index (κ2) is 8.45. The van der Waals surface area contributed by atoms with Crippen LogP contribution in [0, 0.1) is 0 Å². The van der Waals surface area contributed by atoms with E-state index in [1.54, 1.807) is 31.2 Å². The summed E-state index contributed by atoms with van der Waals surface area (Å²) >= 11 is 1.21. The summed E-state index contributed by atoms with van der Waals surface area (Å²) in [7, 11) is 0. The van der Waals surface area contributed by atoms with Gasteiger partial charge < -0.3 is 10.4 Å². The van der Waals surface area contributed by atoms with Gasteiger partial charge in [-0.15, -0.1) is 11.8 Å². The highest BCUT2D eigenvalue weighted by atomic mass is 32.2. The van der Waals surface area contributed by atoms with E-state index in [0.29, 0.717) is 16.3 Å². The van der Waals surface area contributed by atoms with Crippen molar-refractivity contribution in [1.29, 1.82) is 0 Å². The molecule has 1 saturated heterocycles. The van der Waals surface area contributed by atoms with Gasteiger partial charge in [0.05, 0.1) is 11.9 Å². The number of hydrogen-bond donors (Lipinski definition) is 3. The van der Waals surface area contributed by atoms with Gasteiger partial charge in [0.25, 0.3) is 5.91 Å². The van der Waals surface area contributed by atoms with E-state index in [2.05, 4.69) is 10.7 Å². The summed E-state index contributed by atoms with van der Waals surface area (Å²) in [5.74, 6) is -0.722. The van der Waals surface area contributed by atoms with Gasteiger partial charge in [-0.3, -0.25) is 15.0 Å². The normalized spacial score (nSPS) is 20.0. The first-order valence-electron chi connectivity index (χ1n) is 8.74. The quantitative estimate of drug-likeness (QED) is 0.618. The fourth-order valence-electron chi connectivity index (χ4n) is 2.90. The fraction of sp³-hybridized carbons (Fsp3) is 0.250. The summed E-state index contributed by atoms with van der Waals surface area (Å²) in [5, 5.41) is 13.5. The van der Waals surface area contributed by atoms with Gasteiger partial charge in [-0.2, -0.15) is 5.01 Å². The van der Waals surface area contributed by atoms with Gasteiger partial charge >= 0.3 is 6.03 Å². The molecule has 3 N–H and O–H groups in total. The number of carbonyl (C=O) groups excluding carboxylic acids is 3. The number of urea groups is 1. The Hall–Kier alpha value is -2.84. The van der Waals surface area contributed by atoms with Crippen molar-refractivity contribution in [3.8, 4) is 0 Å². The highest BCUT2D eigenvalue weighted by molar-refractivity contribution is 7.99. The Bertz CT molecular complexity index is 862. The van der Waals surface area contributed by atoms with Crippen LogP contribution in [0.5, 0.6) is 0 Å².